The van der Waals surface area contributed by atoms with Crippen molar-refractivity contribution in [3.8, 4) is 0 Å². The summed E-state index contributed by atoms with van der Waals surface area (Å²) in [5.41, 5.74) is 1.80. The predicted molar refractivity (Wildman–Crippen MR) is 83.2 cm³/mol. The van der Waals surface area contributed by atoms with Crippen molar-refractivity contribution in [2.75, 3.05) is 11.5 Å². The SMILES string of the molecule is Cc1ccc2nc(SCC(=O)O)cc(SCC(=O)O)c2c1. The summed E-state index contributed by atoms with van der Waals surface area (Å²) in [5.74, 6) is -1.92. The summed E-state index contributed by atoms with van der Waals surface area (Å²) >= 11 is 2.34. The summed E-state index contributed by atoms with van der Waals surface area (Å²) in [4.78, 5) is 26.6. The highest BCUT2D eigenvalue weighted by atomic mass is 32.2. The van der Waals surface area contributed by atoms with E-state index in [-0.39, 0.29) is 11.5 Å². The van der Waals surface area contributed by atoms with Crippen LogP contribution in [0.1, 0.15) is 5.56 Å². The van der Waals surface area contributed by atoms with Crippen LogP contribution >= 0.6 is 23.5 Å². The first-order valence-corrected chi connectivity index (χ1v) is 8.03. The maximum atomic E-state index is 10.8. The van der Waals surface area contributed by atoms with Gasteiger partial charge in [-0.15, -0.1) is 11.8 Å². The standard InChI is InChI=1S/C14H13NO4S2/c1-8-2-3-10-9(4-8)11(20-6-13(16)17)5-12(15-10)21-7-14(18)19/h2-5H,6-7H2,1H3,(H,16,17)(H,18,19). The van der Waals surface area contributed by atoms with E-state index in [4.69, 9.17) is 10.2 Å². The van der Waals surface area contributed by atoms with E-state index in [9.17, 15) is 9.59 Å². The van der Waals surface area contributed by atoms with Gasteiger partial charge >= 0.3 is 11.9 Å². The van der Waals surface area contributed by atoms with Crippen LogP contribution in [0.4, 0.5) is 0 Å². The van der Waals surface area contributed by atoms with Gasteiger partial charge in [-0.3, -0.25) is 9.59 Å². The van der Waals surface area contributed by atoms with Crippen LogP contribution in [0.2, 0.25) is 0 Å². The molecule has 1 heterocycles. The molecule has 0 atom stereocenters. The van der Waals surface area contributed by atoms with Crippen molar-refractivity contribution >= 4 is 46.4 Å². The zero-order valence-electron chi connectivity index (χ0n) is 11.2. The summed E-state index contributed by atoms with van der Waals surface area (Å²) in [6.07, 6.45) is 0. The molecule has 21 heavy (non-hydrogen) atoms. The van der Waals surface area contributed by atoms with E-state index in [1.165, 1.54) is 11.8 Å². The van der Waals surface area contributed by atoms with E-state index in [1.54, 1.807) is 6.07 Å². The number of carbonyl (C=O) groups is 2. The van der Waals surface area contributed by atoms with E-state index >= 15 is 0 Å². The molecule has 1 aromatic heterocycles. The van der Waals surface area contributed by atoms with Gasteiger partial charge in [0.2, 0.25) is 0 Å². The zero-order valence-corrected chi connectivity index (χ0v) is 12.8. The van der Waals surface area contributed by atoms with Gasteiger partial charge in [-0.05, 0) is 25.1 Å². The number of carboxylic acid groups (broad SMARTS) is 2. The number of hydrogen-bond acceptors (Lipinski definition) is 5. The van der Waals surface area contributed by atoms with Crippen molar-refractivity contribution in [1.29, 1.82) is 0 Å². The first-order valence-electron chi connectivity index (χ1n) is 6.06. The largest absolute Gasteiger partial charge is 0.481 e. The summed E-state index contributed by atoms with van der Waals surface area (Å²) < 4.78 is 0. The van der Waals surface area contributed by atoms with Crippen LogP contribution in [-0.2, 0) is 9.59 Å². The lowest BCUT2D eigenvalue weighted by atomic mass is 10.1. The second-order valence-electron chi connectivity index (χ2n) is 4.34. The highest BCUT2D eigenvalue weighted by Crippen LogP contribution is 2.31. The molecule has 110 valence electrons. The van der Waals surface area contributed by atoms with Gasteiger partial charge in [-0.2, -0.15) is 0 Å². The fraction of sp³-hybridized carbons (Fsp3) is 0.214. The van der Waals surface area contributed by atoms with E-state index in [0.29, 0.717) is 5.03 Å². The Kier molecular flexibility index (Phi) is 5.08. The molecule has 2 aromatic rings. The van der Waals surface area contributed by atoms with Crippen LogP contribution in [0.15, 0.2) is 34.2 Å². The average molecular weight is 323 g/mol. The lowest BCUT2D eigenvalue weighted by Crippen LogP contribution is -2.00. The number of carboxylic acids is 2. The normalized spacial score (nSPS) is 10.7. The van der Waals surface area contributed by atoms with Gasteiger partial charge in [0.15, 0.2) is 0 Å². The molecule has 0 saturated carbocycles. The van der Waals surface area contributed by atoms with Crippen molar-refractivity contribution < 1.29 is 19.8 Å². The van der Waals surface area contributed by atoms with Gasteiger partial charge < -0.3 is 10.2 Å². The Balaban J connectivity index is 2.41. The van der Waals surface area contributed by atoms with Gasteiger partial charge in [0, 0.05) is 10.3 Å². The van der Waals surface area contributed by atoms with Gasteiger partial charge in [-0.1, -0.05) is 23.4 Å². The number of fused-ring (bicyclic) bond motifs is 1. The number of thioether (sulfide) groups is 2. The molecule has 0 aliphatic rings. The summed E-state index contributed by atoms with van der Waals surface area (Å²) in [6.45, 7) is 1.96. The molecule has 2 N–H and O–H groups in total. The first-order chi connectivity index (χ1) is 9.95. The maximum absolute atomic E-state index is 10.8. The minimum Gasteiger partial charge on any atom is -0.481 e. The predicted octanol–water partition coefficient (Wildman–Crippen LogP) is 2.90. The Morgan fingerprint density at radius 1 is 1.10 bits per heavy atom. The third kappa shape index (κ3) is 4.37. The molecule has 0 fully saturated rings. The molecule has 0 amide bonds. The maximum Gasteiger partial charge on any atom is 0.313 e. The van der Waals surface area contributed by atoms with Gasteiger partial charge in [0.1, 0.15) is 0 Å². The minimum absolute atomic E-state index is 0.0455. The van der Waals surface area contributed by atoms with E-state index in [2.05, 4.69) is 4.98 Å². The lowest BCUT2D eigenvalue weighted by molar-refractivity contribution is -0.134. The molecule has 0 radical (unpaired) electrons. The highest BCUT2D eigenvalue weighted by Gasteiger charge is 2.10. The Labute approximate surface area is 129 Å². The van der Waals surface area contributed by atoms with Gasteiger partial charge in [0.05, 0.1) is 22.0 Å². The number of aliphatic carboxylic acids is 2. The molecule has 2 rings (SSSR count). The molecule has 0 aliphatic heterocycles. The van der Waals surface area contributed by atoms with Gasteiger partial charge in [-0.25, -0.2) is 4.98 Å². The third-order valence-corrected chi connectivity index (χ3v) is 4.53. The highest BCUT2D eigenvalue weighted by molar-refractivity contribution is 8.00. The molecule has 1 aromatic carbocycles. The number of rotatable bonds is 6. The topological polar surface area (TPSA) is 87.5 Å². The van der Waals surface area contributed by atoms with Crippen LogP contribution in [0.3, 0.4) is 0 Å². The molecule has 7 heteroatoms. The van der Waals surface area contributed by atoms with E-state index < -0.39 is 11.9 Å². The third-order valence-electron chi connectivity index (χ3n) is 2.60. The van der Waals surface area contributed by atoms with Crippen molar-refractivity contribution in [2.24, 2.45) is 0 Å². The molecule has 0 unspecified atom stereocenters. The van der Waals surface area contributed by atoms with Crippen molar-refractivity contribution in [3.05, 3.63) is 29.8 Å². The van der Waals surface area contributed by atoms with Crippen LogP contribution in [0.25, 0.3) is 10.9 Å². The smallest absolute Gasteiger partial charge is 0.313 e. The molecule has 0 saturated heterocycles. The van der Waals surface area contributed by atoms with Crippen LogP contribution < -0.4 is 0 Å². The minimum atomic E-state index is -0.912. The monoisotopic (exact) mass is 323 g/mol. The molecular weight excluding hydrogens is 310 g/mol. The van der Waals surface area contributed by atoms with Crippen molar-refractivity contribution in [2.45, 2.75) is 16.8 Å². The Hall–Kier alpha value is -1.73. The second kappa shape index (κ2) is 6.82. The fourth-order valence-corrected chi connectivity index (χ4v) is 3.26. The van der Waals surface area contributed by atoms with Crippen LogP contribution in [0, 0.1) is 6.92 Å². The summed E-state index contributed by atoms with van der Waals surface area (Å²) in [7, 11) is 0. The summed E-state index contributed by atoms with van der Waals surface area (Å²) in [6, 6.07) is 7.49. The second-order valence-corrected chi connectivity index (χ2v) is 6.36. The van der Waals surface area contributed by atoms with Crippen molar-refractivity contribution in [3.63, 3.8) is 0 Å². The molecule has 5 nitrogen and oxygen atoms in total. The average Bonchev–Trinajstić information content (AvgIpc) is 2.42. The Bertz CT molecular complexity index is 703. The molecule has 0 bridgehead atoms. The van der Waals surface area contributed by atoms with Gasteiger partial charge in [0.25, 0.3) is 0 Å². The number of pyridine rings is 1. The van der Waals surface area contributed by atoms with Crippen LogP contribution in [-0.4, -0.2) is 38.6 Å². The number of benzene rings is 1. The number of aromatic nitrogens is 1. The van der Waals surface area contributed by atoms with Crippen molar-refractivity contribution in [1.82, 2.24) is 4.98 Å². The Morgan fingerprint density at radius 2 is 1.76 bits per heavy atom. The molecule has 0 spiro atoms. The van der Waals surface area contributed by atoms with E-state index in [0.717, 1.165) is 33.1 Å². The van der Waals surface area contributed by atoms with Crippen LogP contribution in [0.5, 0.6) is 0 Å². The molecule has 0 aliphatic carbocycles. The molecular formula is C14H13NO4S2. The quantitative estimate of drug-likeness (QED) is 0.790. The number of nitrogens with zero attached hydrogens (tertiary/aromatic N) is 1. The summed E-state index contributed by atoms with van der Waals surface area (Å²) in [5, 5.41) is 19.0. The zero-order chi connectivity index (χ0) is 15.4. The Morgan fingerprint density at radius 3 is 2.43 bits per heavy atom. The number of hydrogen-bond donors (Lipinski definition) is 2. The van der Waals surface area contributed by atoms with E-state index in [1.807, 2.05) is 25.1 Å². The fourth-order valence-electron chi connectivity index (χ4n) is 1.75. The number of aryl methyl sites for hydroxylation is 1. The first kappa shape index (κ1) is 15.7. The lowest BCUT2D eigenvalue weighted by Gasteiger charge is -2.08.